The highest BCUT2D eigenvalue weighted by atomic mass is 16.5. The molecule has 76 valence electrons. The number of amidine groups is 1. The fourth-order valence-electron chi connectivity index (χ4n) is 0.942. The topological polar surface area (TPSA) is 90.0 Å². The van der Waals surface area contributed by atoms with Crippen LogP contribution in [0.25, 0.3) is 0 Å². The highest BCUT2D eigenvalue weighted by Gasteiger charge is 2.10. The van der Waals surface area contributed by atoms with Crippen molar-refractivity contribution in [2.45, 2.75) is 0 Å². The zero-order valence-corrected chi connectivity index (χ0v) is 7.89. The molecule has 3 N–H and O–H groups in total. The number of oxime groups is 1. The molecule has 6 nitrogen and oxygen atoms in total. The Morgan fingerprint density at radius 2 is 2.14 bits per heavy atom. The SMILES string of the molecule is COc1ccc(/C(N)=N/O)c(OC)n1. The van der Waals surface area contributed by atoms with Crippen molar-refractivity contribution in [2.24, 2.45) is 10.9 Å². The average molecular weight is 197 g/mol. The highest BCUT2D eigenvalue weighted by molar-refractivity contribution is 5.99. The minimum absolute atomic E-state index is 0.0583. The zero-order valence-electron chi connectivity index (χ0n) is 7.89. The number of hydrogen-bond donors (Lipinski definition) is 2. The van der Waals surface area contributed by atoms with Crippen LogP contribution in [0.3, 0.4) is 0 Å². The van der Waals surface area contributed by atoms with Gasteiger partial charge in [0, 0.05) is 6.07 Å². The quantitative estimate of drug-likeness (QED) is 0.312. The fourth-order valence-corrected chi connectivity index (χ4v) is 0.942. The third-order valence-corrected chi connectivity index (χ3v) is 1.62. The Hall–Kier alpha value is -1.98. The van der Waals surface area contributed by atoms with Crippen LogP contribution in [0.1, 0.15) is 5.56 Å². The van der Waals surface area contributed by atoms with Gasteiger partial charge in [0.1, 0.15) is 0 Å². The van der Waals surface area contributed by atoms with Crippen LogP contribution in [0.5, 0.6) is 11.8 Å². The van der Waals surface area contributed by atoms with E-state index >= 15 is 0 Å². The number of ether oxygens (including phenoxy) is 2. The van der Waals surface area contributed by atoms with Gasteiger partial charge in [-0.2, -0.15) is 4.98 Å². The van der Waals surface area contributed by atoms with Crippen molar-refractivity contribution in [2.75, 3.05) is 14.2 Å². The number of pyridine rings is 1. The Bertz CT molecular complexity index is 352. The molecule has 0 bridgehead atoms. The number of aromatic nitrogens is 1. The van der Waals surface area contributed by atoms with E-state index in [1.807, 2.05) is 0 Å². The molecular formula is C8H11N3O3. The van der Waals surface area contributed by atoms with Gasteiger partial charge in [0.25, 0.3) is 0 Å². The summed E-state index contributed by atoms with van der Waals surface area (Å²) in [7, 11) is 2.93. The van der Waals surface area contributed by atoms with Crippen LogP contribution in [-0.4, -0.2) is 30.2 Å². The number of methoxy groups -OCH3 is 2. The van der Waals surface area contributed by atoms with Crippen LogP contribution in [0, 0.1) is 0 Å². The monoisotopic (exact) mass is 197 g/mol. The lowest BCUT2D eigenvalue weighted by Gasteiger charge is -2.07. The van der Waals surface area contributed by atoms with E-state index in [4.69, 9.17) is 20.4 Å². The van der Waals surface area contributed by atoms with E-state index < -0.39 is 0 Å². The van der Waals surface area contributed by atoms with Crippen molar-refractivity contribution >= 4 is 5.84 Å². The first-order valence-electron chi connectivity index (χ1n) is 3.79. The van der Waals surface area contributed by atoms with E-state index in [0.717, 1.165) is 0 Å². The van der Waals surface area contributed by atoms with E-state index in [1.165, 1.54) is 14.2 Å². The van der Waals surface area contributed by atoms with Gasteiger partial charge in [0.2, 0.25) is 11.8 Å². The largest absolute Gasteiger partial charge is 0.481 e. The first-order valence-corrected chi connectivity index (χ1v) is 3.79. The van der Waals surface area contributed by atoms with Crippen molar-refractivity contribution < 1.29 is 14.7 Å². The van der Waals surface area contributed by atoms with Crippen LogP contribution < -0.4 is 15.2 Å². The first-order chi connectivity index (χ1) is 6.72. The molecule has 0 radical (unpaired) electrons. The van der Waals surface area contributed by atoms with Gasteiger partial charge >= 0.3 is 0 Å². The van der Waals surface area contributed by atoms with Gasteiger partial charge in [-0.15, -0.1) is 0 Å². The molecule has 1 rings (SSSR count). The normalized spacial score (nSPS) is 11.1. The Kier molecular flexibility index (Phi) is 3.11. The molecule has 0 aliphatic carbocycles. The second-order valence-corrected chi connectivity index (χ2v) is 2.40. The predicted octanol–water partition coefficient (Wildman–Crippen LogP) is 0.193. The maximum Gasteiger partial charge on any atom is 0.227 e. The third-order valence-electron chi connectivity index (χ3n) is 1.62. The summed E-state index contributed by atoms with van der Waals surface area (Å²) in [6, 6.07) is 3.19. The van der Waals surface area contributed by atoms with Gasteiger partial charge in [0.15, 0.2) is 5.84 Å². The molecule has 0 atom stereocenters. The number of hydrogen-bond acceptors (Lipinski definition) is 5. The van der Waals surface area contributed by atoms with Crippen molar-refractivity contribution in [3.8, 4) is 11.8 Å². The number of nitrogens with zero attached hydrogens (tertiary/aromatic N) is 2. The first kappa shape index (κ1) is 10.1. The third kappa shape index (κ3) is 1.85. The summed E-state index contributed by atoms with van der Waals surface area (Å²) >= 11 is 0. The molecule has 14 heavy (non-hydrogen) atoms. The van der Waals surface area contributed by atoms with E-state index in [9.17, 15) is 0 Å². The molecular weight excluding hydrogens is 186 g/mol. The van der Waals surface area contributed by atoms with Crippen LogP contribution >= 0.6 is 0 Å². The predicted molar refractivity (Wildman–Crippen MR) is 49.9 cm³/mol. The average Bonchev–Trinajstić information content (AvgIpc) is 2.27. The van der Waals surface area contributed by atoms with E-state index in [2.05, 4.69) is 10.1 Å². The van der Waals surface area contributed by atoms with Crippen LogP contribution in [0.2, 0.25) is 0 Å². The summed E-state index contributed by atoms with van der Waals surface area (Å²) in [5.41, 5.74) is 5.81. The van der Waals surface area contributed by atoms with Crippen LogP contribution in [0.4, 0.5) is 0 Å². The van der Waals surface area contributed by atoms with Crippen molar-refractivity contribution in [3.05, 3.63) is 17.7 Å². The Labute approximate surface area is 81.0 Å². The zero-order chi connectivity index (χ0) is 10.6. The fraction of sp³-hybridized carbons (Fsp3) is 0.250. The van der Waals surface area contributed by atoms with Crippen LogP contribution in [0.15, 0.2) is 17.3 Å². The summed E-state index contributed by atoms with van der Waals surface area (Å²) in [5, 5.41) is 11.3. The van der Waals surface area contributed by atoms with Crippen LogP contribution in [-0.2, 0) is 0 Å². The standard InChI is InChI=1S/C8H11N3O3/c1-13-6-4-3-5(7(9)11-12)8(10-6)14-2/h3-4,12H,1-2H3,(H2,9,11). The smallest absolute Gasteiger partial charge is 0.227 e. The molecule has 0 saturated carbocycles. The molecule has 1 aromatic heterocycles. The molecule has 0 spiro atoms. The summed E-state index contributed by atoms with van der Waals surface area (Å²) < 4.78 is 9.84. The van der Waals surface area contributed by atoms with Gasteiger partial charge in [-0.25, -0.2) is 0 Å². The minimum atomic E-state index is -0.0583. The van der Waals surface area contributed by atoms with Crippen molar-refractivity contribution in [1.82, 2.24) is 4.98 Å². The number of nitrogens with two attached hydrogens (primary N) is 1. The molecule has 1 aromatic rings. The summed E-state index contributed by atoms with van der Waals surface area (Å²) in [4.78, 5) is 3.96. The van der Waals surface area contributed by atoms with Gasteiger partial charge in [-0.3, -0.25) is 0 Å². The lowest BCUT2D eigenvalue weighted by atomic mass is 10.2. The summed E-state index contributed by atoms with van der Waals surface area (Å²) in [6.45, 7) is 0. The van der Waals surface area contributed by atoms with Gasteiger partial charge < -0.3 is 20.4 Å². The molecule has 0 unspecified atom stereocenters. The van der Waals surface area contributed by atoms with E-state index in [-0.39, 0.29) is 11.7 Å². The van der Waals surface area contributed by atoms with Gasteiger partial charge in [-0.05, 0) is 6.07 Å². The Morgan fingerprint density at radius 1 is 1.43 bits per heavy atom. The lowest BCUT2D eigenvalue weighted by molar-refractivity contribution is 0.318. The Morgan fingerprint density at radius 3 is 2.64 bits per heavy atom. The second-order valence-electron chi connectivity index (χ2n) is 2.40. The lowest BCUT2D eigenvalue weighted by Crippen LogP contribution is -2.15. The second kappa shape index (κ2) is 4.31. The molecule has 1 heterocycles. The molecule has 0 fully saturated rings. The molecule has 0 aliphatic heterocycles. The summed E-state index contributed by atoms with van der Waals surface area (Å²) in [5.74, 6) is 0.591. The van der Waals surface area contributed by atoms with E-state index in [1.54, 1.807) is 12.1 Å². The maximum absolute atomic E-state index is 8.48. The molecule has 6 heteroatoms. The minimum Gasteiger partial charge on any atom is -0.481 e. The van der Waals surface area contributed by atoms with E-state index in [0.29, 0.717) is 11.4 Å². The van der Waals surface area contributed by atoms with Gasteiger partial charge in [-0.1, -0.05) is 5.16 Å². The maximum atomic E-state index is 8.48. The summed E-state index contributed by atoms with van der Waals surface area (Å²) in [6.07, 6.45) is 0. The highest BCUT2D eigenvalue weighted by Crippen LogP contribution is 2.18. The molecule has 0 aliphatic rings. The van der Waals surface area contributed by atoms with Gasteiger partial charge in [0.05, 0.1) is 19.8 Å². The Balaban J connectivity index is 3.18. The molecule has 0 aromatic carbocycles. The number of rotatable bonds is 3. The van der Waals surface area contributed by atoms with Crippen molar-refractivity contribution in [3.63, 3.8) is 0 Å². The molecule has 0 amide bonds. The molecule has 0 saturated heterocycles. The van der Waals surface area contributed by atoms with Crippen molar-refractivity contribution in [1.29, 1.82) is 0 Å².